The molecule has 1 aliphatic heterocycles. The first-order valence-electron chi connectivity index (χ1n) is 8.83. The van der Waals surface area contributed by atoms with Gasteiger partial charge in [-0.1, -0.05) is 23.4 Å². The van der Waals surface area contributed by atoms with E-state index in [4.69, 9.17) is 18.4 Å². The van der Waals surface area contributed by atoms with E-state index in [2.05, 4.69) is 15.5 Å². The van der Waals surface area contributed by atoms with Crippen molar-refractivity contribution in [2.45, 2.75) is 25.4 Å². The van der Waals surface area contributed by atoms with Crippen LogP contribution in [0.3, 0.4) is 0 Å². The lowest BCUT2D eigenvalue weighted by Gasteiger charge is -2.02. The van der Waals surface area contributed by atoms with Crippen molar-refractivity contribution in [2.24, 2.45) is 0 Å². The molecular formula is C19H19N3O5. The Morgan fingerprint density at radius 2 is 2.11 bits per heavy atom. The molecule has 1 N–H and O–H groups in total. The molecule has 8 nitrogen and oxygen atoms in total. The third-order valence-electron chi connectivity index (χ3n) is 4.09. The van der Waals surface area contributed by atoms with E-state index < -0.39 is 0 Å². The highest BCUT2D eigenvalue weighted by atomic mass is 16.6. The van der Waals surface area contributed by atoms with Gasteiger partial charge in [0, 0.05) is 25.6 Å². The van der Waals surface area contributed by atoms with Crippen LogP contribution in [0.25, 0.3) is 0 Å². The van der Waals surface area contributed by atoms with Gasteiger partial charge in [-0.05, 0) is 31.0 Å². The molecule has 1 saturated heterocycles. The number of hydrogen-bond acceptors (Lipinski definition) is 7. The average molecular weight is 369 g/mol. The van der Waals surface area contributed by atoms with Gasteiger partial charge < -0.3 is 23.7 Å². The maximum atomic E-state index is 12.2. The van der Waals surface area contributed by atoms with Gasteiger partial charge >= 0.3 is 0 Å². The first-order chi connectivity index (χ1) is 13.3. The van der Waals surface area contributed by atoms with Crippen molar-refractivity contribution >= 4 is 5.91 Å². The van der Waals surface area contributed by atoms with Gasteiger partial charge in [-0.3, -0.25) is 4.79 Å². The van der Waals surface area contributed by atoms with Gasteiger partial charge in [-0.2, -0.15) is 4.98 Å². The van der Waals surface area contributed by atoms with Crippen molar-refractivity contribution in [3.8, 4) is 11.7 Å². The Balaban J connectivity index is 1.26. The Hall–Kier alpha value is -3.13. The molecule has 1 aliphatic rings. The van der Waals surface area contributed by atoms with Crippen molar-refractivity contribution in [3.05, 3.63) is 59.9 Å². The van der Waals surface area contributed by atoms with Crippen LogP contribution >= 0.6 is 0 Å². The third-order valence-corrected chi connectivity index (χ3v) is 4.09. The third kappa shape index (κ3) is 4.35. The molecule has 1 aromatic carbocycles. The molecule has 140 valence electrons. The highest BCUT2D eigenvalue weighted by molar-refractivity contribution is 5.91. The maximum absolute atomic E-state index is 12.2. The zero-order valence-corrected chi connectivity index (χ0v) is 14.6. The summed E-state index contributed by atoms with van der Waals surface area (Å²) in [4.78, 5) is 16.5. The molecule has 1 fully saturated rings. The van der Waals surface area contributed by atoms with Crippen LogP contribution in [0.5, 0.6) is 11.7 Å². The molecule has 0 aliphatic carbocycles. The van der Waals surface area contributed by atoms with Crippen molar-refractivity contribution < 1.29 is 23.2 Å². The number of amides is 1. The van der Waals surface area contributed by atoms with Gasteiger partial charge in [0.05, 0.1) is 0 Å². The Morgan fingerprint density at radius 3 is 2.93 bits per heavy atom. The van der Waals surface area contributed by atoms with Gasteiger partial charge in [0.2, 0.25) is 0 Å². The lowest BCUT2D eigenvalue weighted by Crippen LogP contribution is -2.25. The molecule has 3 aromatic rings. The second kappa shape index (κ2) is 8.05. The number of nitrogens with zero attached hydrogens (tertiary/aromatic N) is 2. The largest absolute Gasteiger partial charge is 0.426 e. The van der Waals surface area contributed by atoms with Gasteiger partial charge in [-0.25, -0.2) is 0 Å². The molecule has 8 heteroatoms. The summed E-state index contributed by atoms with van der Waals surface area (Å²) in [7, 11) is 0. The van der Waals surface area contributed by atoms with E-state index >= 15 is 0 Å². The van der Waals surface area contributed by atoms with Crippen LogP contribution in [0.2, 0.25) is 0 Å². The van der Waals surface area contributed by atoms with Crippen LogP contribution in [0.4, 0.5) is 0 Å². The molecule has 2 aromatic heterocycles. The Morgan fingerprint density at radius 1 is 1.22 bits per heavy atom. The number of benzene rings is 1. The van der Waals surface area contributed by atoms with E-state index in [0.717, 1.165) is 19.4 Å². The Kier molecular flexibility index (Phi) is 5.15. The lowest BCUT2D eigenvalue weighted by atomic mass is 10.2. The zero-order valence-electron chi connectivity index (χ0n) is 14.6. The minimum atomic E-state index is -0.333. The van der Waals surface area contributed by atoms with Gasteiger partial charge in [0.25, 0.3) is 17.7 Å². The van der Waals surface area contributed by atoms with Crippen LogP contribution in [-0.2, 0) is 11.2 Å². The molecule has 27 heavy (non-hydrogen) atoms. The molecule has 0 spiro atoms. The topological polar surface area (TPSA) is 99.6 Å². The minimum absolute atomic E-state index is 0.105. The van der Waals surface area contributed by atoms with Crippen molar-refractivity contribution in [3.63, 3.8) is 0 Å². The van der Waals surface area contributed by atoms with Crippen LogP contribution in [0, 0.1) is 0 Å². The predicted octanol–water partition coefficient (Wildman–Crippen LogP) is 3.28. The maximum Gasteiger partial charge on any atom is 0.290 e. The van der Waals surface area contributed by atoms with Crippen LogP contribution in [0.15, 0.2) is 51.4 Å². The highest BCUT2D eigenvalue weighted by Gasteiger charge is 2.23. The molecule has 0 radical (unpaired) electrons. The summed E-state index contributed by atoms with van der Waals surface area (Å²) in [6.07, 6.45) is 2.24. The summed E-state index contributed by atoms with van der Waals surface area (Å²) >= 11 is 0. The molecule has 0 bridgehead atoms. The normalized spacial score (nSPS) is 16.4. The van der Waals surface area contributed by atoms with Crippen LogP contribution in [-0.4, -0.2) is 29.2 Å². The van der Waals surface area contributed by atoms with E-state index in [1.807, 2.05) is 18.2 Å². The van der Waals surface area contributed by atoms with E-state index in [1.54, 1.807) is 24.3 Å². The highest BCUT2D eigenvalue weighted by Crippen LogP contribution is 2.27. The molecular weight excluding hydrogens is 350 g/mol. The van der Waals surface area contributed by atoms with Crippen molar-refractivity contribution in [2.75, 3.05) is 13.2 Å². The number of carbonyl (C=O) groups is 1. The second-order valence-corrected chi connectivity index (χ2v) is 6.09. The summed E-state index contributed by atoms with van der Waals surface area (Å²) in [5, 5.41) is 6.68. The molecule has 1 amide bonds. The van der Waals surface area contributed by atoms with E-state index in [-0.39, 0.29) is 23.7 Å². The fraction of sp³-hybridized carbons (Fsp3) is 0.316. The van der Waals surface area contributed by atoms with E-state index in [1.165, 1.54) is 0 Å². The molecule has 0 saturated carbocycles. The zero-order chi connectivity index (χ0) is 18.5. The molecule has 1 atom stereocenters. The first-order valence-corrected chi connectivity index (χ1v) is 8.83. The standard InChI is InChI=1S/C19H19N3O5/c23-18(14-8-9-17(26-14)25-13-5-2-1-3-6-13)20-11-10-16-21-19(27-22-16)15-7-4-12-24-15/h1-3,5-6,8-9,15H,4,7,10-12H2,(H,20,23)/t15-/m0/s1. The fourth-order valence-corrected chi connectivity index (χ4v) is 2.75. The summed E-state index contributed by atoms with van der Waals surface area (Å²) in [6.45, 7) is 1.08. The molecule has 4 rings (SSSR count). The number of rotatable bonds is 7. The summed E-state index contributed by atoms with van der Waals surface area (Å²) < 4.78 is 21.7. The number of hydrogen-bond donors (Lipinski definition) is 1. The van der Waals surface area contributed by atoms with Gasteiger partial charge in [-0.15, -0.1) is 0 Å². The van der Waals surface area contributed by atoms with Gasteiger partial charge in [0.15, 0.2) is 11.6 Å². The Bertz CT molecular complexity index is 884. The van der Waals surface area contributed by atoms with Crippen molar-refractivity contribution in [1.29, 1.82) is 0 Å². The number of ether oxygens (including phenoxy) is 2. The number of nitrogens with one attached hydrogen (secondary N) is 1. The summed E-state index contributed by atoms with van der Waals surface area (Å²) in [5.41, 5.74) is 0. The van der Waals surface area contributed by atoms with Crippen LogP contribution in [0.1, 0.15) is 41.2 Å². The number of para-hydroxylation sites is 1. The van der Waals surface area contributed by atoms with Crippen molar-refractivity contribution in [1.82, 2.24) is 15.5 Å². The molecule has 0 unspecified atom stereocenters. The number of furan rings is 1. The second-order valence-electron chi connectivity index (χ2n) is 6.09. The monoisotopic (exact) mass is 369 g/mol. The fourth-order valence-electron chi connectivity index (χ4n) is 2.75. The van der Waals surface area contributed by atoms with Crippen LogP contribution < -0.4 is 10.1 Å². The SMILES string of the molecule is O=C(NCCc1noc([C@@H]2CCCO2)n1)c1ccc(Oc2ccccc2)o1. The van der Waals surface area contributed by atoms with E-state index in [9.17, 15) is 4.79 Å². The number of carbonyl (C=O) groups excluding carboxylic acids is 1. The lowest BCUT2D eigenvalue weighted by molar-refractivity contribution is 0.0835. The first kappa shape index (κ1) is 17.3. The van der Waals surface area contributed by atoms with E-state index in [0.29, 0.717) is 30.4 Å². The predicted molar refractivity (Wildman–Crippen MR) is 93.5 cm³/mol. The summed E-state index contributed by atoms with van der Waals surface area (Å²) in [6, 6.07) is 12.4. The minimum Gasteiger partial charge on any atom is -0.426 e. The quantitative estimate of drug-likeness (QED) is 0.682. The molecule has 3 heterocycles. The average Bonchev–Trinajstić information content (AvgIpc) is 3.44. The smallest absolute Gasteiger partial charge is 0.290 e. The Labute approximate surface area is 155 Å². The number of aromatic nitrogens is 2. The summed E-state index contributed by atoms with van der Waals surface area (Å²) in [5.74, 6) is 1.77. The van der Waals surface area contributed by atoms with Gasteiger partial charge in [0.1, 0.15) is 11.9 Å².